The molecule has 1 rings (SSSR count). The van der Waals surface area contributed by atoms with Crippen molar-refractivity contribution in [1.82, 2.24) is 0 Å². The van der Waals surface area contributed by atoms with E-state index in [-0.39, 0.29) is 13.2 Å². The van der Waals surface area contributed by atoms with Gasteiger partial charge in [-0.1, -0.05) is 83.3 Å². The Balaban J connectivity index is 1.83. The van der Waals surface area contributed by atoms with Crippen molar-refractivity contribution in [2.45, 2.75) is 121 Å². The van der Waals surface area contributed by atoms with Crippen LogP contribution in [0.25, 0.3) is 0 Å². The van der Waals surface area contributed by atoms with Gasteiger partial charge in [-0.25, -0.2) is 0 Å². The Morgan fingerprint density at radius 1 is 0.862 bits per heavy atom. The predicted molar refractivity (Wildman–Crippen MR) is 118 cm³/mol. The van der Waals surface area contributed by atoms with E-state index in [0.29, 0.717) is 6.61 Å². The highest BCUT2D eigenvalue weighted by molar-refractivity contribution is 4.88. The highest BCUT2D eigenvalue weighted by atomic mass is 16.6. The first kappa shape index (κ1) is 26.6. The average molecular weight is 415 g/mol. The van der Waals surface area contributed by atoms with Gasteiger partial charge in [-0.15, -0.1) is 0 Å². The molecule has 1 saturated heterocycles. The molecule has 1 aliphatic heterocycles. The molecule has 4 atom stereocenters. The van der Waals surface area contributed by atoms with E-state index in [1.54, 1.807) is 0 Å². The molecule has 5 heteroatoms. The molecule has 0 aromatic heterocycles. The van der Waals surface area contributed by atoms with Crippen molar-refractivity contribution in [1.29, 1.82) is 0 Å². The zero-order valence-corrected chi connectivity index (χ0v) is 18.6. The fraction of sp³-hybridized carbons (Fsp3) is 0.917. The maximum absolute atomic E-state index is 9.83. The molecule has 1 fully saturated rings. The molecule has 0 aromatic carbocycles. The summed E-state index contributed by atoms with van der Waals surface area (Å²) in [5.41, 5.74) is 0. The van der Waals surface area contributed by atoms with E-state index < -0.39 is 24.4 Å². The van der Waals surface area contributed by atoms with Gasteiger partial charge in [0.25, 0.3) is 0 Å². The van der Waals surface area contributed by atoms with E-state index >= 15 is 0 Å². The molecule has 0 amide bonds. The lowest BCUT2D eigenvalue weighted by molar-refractivity contribution is -0.101. The molecule has 3 N–H and O–H groups in total. The summed E-state index contributed by atoms with van der Waals surface area (Å²) in [5, 5.41) is 28.8. The lowest BCUT2D eigenvalue weighted by atomic mass is 10.0. The van der Waals surface area contributed by atoms with Crippen LogP contribution in [0.5, 0.6) is 0 Å². The van der Waals surface area contributed by atoms with E-state index in [1.165, 1.54) is 77.0 Å². The number of aliphatic hydroxyl groups excluding tert-OH is 3. The molecule has 0 radical (unpaired) electrons. The minimum atomic E-state index is -0.977. The maximum atomic E-state index is 9.83. The number of ether oxygens (including phenoxy) is 2. The largest absolute Gasteiger partial charge is 0.394 e. The summed E-state index contributed by atoms with van der Waals surface area (Å²) in [5.74, 6) is 0. The Morgan fingerprint density at radius 3 is 1.93 bits per heavy atom. The van der Waals surface area contributed by atoms with Crippen molar-refractivity contribution in [2.75, 3.05) is 19.8 Å². The summed E-state index contributed by atoms with van der Waals surface area (Å²) in [4.78, 5) is 0. The minimum absolute atomic E-state index is 0.0993. The van der Waals surface area contributed by atoms with Crippen molar-refractivity contribution in [3.8, 4) is 0 Å². The van der Waals surface area contributed by atoms with Crippen molar-refractivity contribution in [2.24, 2.45) is 0 Å². The average Bonchev–Trinajstić information content (AvgIpc) is 3.06. The third kappa shape index (κ3) is 12.7. The molecule has 0 aromatic rings. The molecule has 29 heavy (non-hydrogen) atoms. The van der Waals surface area contributed by atoms with Crippen LogP contribution in [0.1, 0.15) is 96.8 Å². The molecular formula is C24H46O5. The van der Waals surface area contributed by atoms with Gasteiger partial charge < -0.3 is 24.8 Å². The number of allylic oxidation sites excluding steroid dienone is 2. The van der Waals surface area contributed by atoms with Crippen LogP contribution < -0.4 is 0 Å². The number of rotatable bonds is 19. The zero-order chi connectivity index (χ0) is 21.2. The molecule has 0 bridgehead atoms. The van der Waals surface area contributed by atoms with Gasteiger partial charge in [-0.2, -0.15) is 0 Å². The standard InChI is InChI=1S/C24H46O5/c1-2-3-4-5-6-7-8-9-10-11-12-13-14-15-16-17-18-28-22(19-25)24-23(27)21(26)20-29-24/h4-5,21-27H,2-3,6-20H2,1H3/b5-4+/t21-,22+,23-,24-/m0/s1. The van der Waals surface area contributed by atoms with E-state index in [0.717, 1.165) is 12.8 Å². The van der Waals surface area contributed by atoms with Crippen molar-refractivity contribution in [3.63, 3.8) is 0 Å². The number of hydrogen-bond acceptors (Lipinski definition) is 5. The normalized spacial score (nSPS) is 23.2. The summed E-state index contributed by atoms with van der Waals surface area (Å²) < 4.78 is 11.0. The lowest BCUT2D eigenvalue weighted by Gasteiger charge is -2.24. The van der Waals surface area contributed by atoms with Gasteiger partial charge >= 0.3 is 0 Å². The van der Waals surface area contributed by atoms with Gasteiger partial charge in [0.15, 0.2) is 0 Å². The van der Waals surface area contributed by atoms with Crippen LogP contribution in [0, 0.1) is 0 Å². The second-order valence-electron chi connectivity index (χ2n) is 8.39. The van der Waals surface area contributed by atoms with Crippen molar-refractivity contribution < 1.29 is 24.8 Å². The number of unbranched alkanes of at least 4 members (excludes halogenated alkanes) is 12. The fourth-order valence-electron chi connectivity index (χ4n) is 3.80. The monoisotopic (exact) mass is 414 g/mol. The predicted octanol–water partition coefficient (Wildman–Crippen LogP) is 4.52. The summed E-state index contributed by atoms with van der Waals surface area (Å²) >= 11 is 0. The Morgan fingerprint density at radius 2 is 1.41 bits per heavy atom. The van der Waals surface area contributed by atoms with E-state index in [4.69, 9.17) is 9.47 Å². The Hall–Kier alpha value is -0.460. The molecular weight excluding hydrogens is 368 g/mol. The Labute approximate surface area is 178 Å². The van der Waals surface area contributed by atoms with E-state index in [9.17, 15) is 15.3 Å². The first-order valence-electron chi connectivity index (χ1n) is 12.1. The number of hydrogen-bond donors (Lipinski definition) is 3. The zero-order valence-electron chi connectivity index (χ0n) is 18.6. The molecule has 5 nitrogen and oxygen atoms in total. The maximum Gasteiger partial charge on any atom is 0.114 e. The molecule has 0 aliphatic carbocycles. The molecule has 0 unspecified atom stereocenters. The van der Waals surface area contributed by atoms with Crippen LogP contribution in [0.2, 0.25) is 0 Å². The van der Waals surface area contributed by atoms with Gasteiger partial charge in [0, 0.05) is 6.61 Å². The van der Waals surface area contributed by atoms with Gasteiger partial charge in [0.1, 0.15) is 24.4 Å². The SMILES string of the molecule is CCC/C=C/CCCCCCCCCCCCCO[C@H](CO)[C@@H]1OC[C@H](O)[C@@H]1O. The molecule has 0 saturated carbocycles. The van der Waals surface area contributed by atoms with E-state index in [2.05, 4.69) is 19.1 Å². The quantitative estimate of drug-likeness (QED) is 0.214. The second kappa shape index (κ2) is 18.3. The molecule has 1 heterocycles. The third-order valence-corrected chi connectivity index (χ3v) is 5.71. The fourth-order valence-corrected chi connectivity index (χ4v) is 3.80. The summed E-state index contributed by atoms with van der Waals surface area (Å²) in [6.45, 7) is 2.67. The molecule has 172 valence electrons. The smallest absolute Gasteiger partial charge is 0.114 e. The molecule has 1 aliphatic rings. The van der Waals surface area contributed by atoms with Gasteiger partial charge in [-0.3, -0.25) is 0 Å². The van der Waals surface area contributed by atoms with Gasteiger partial charge in [0.05, 0.1) is 13.2 Å². The highest BCUT2D eigenvalue weighted by Crippen LogP contribution is 2.20. The Kier molecular flexibility index (Phi) is 16.8. The minimum Gasteiger partial charge on any atom is -0.394 e. The second-order valence-corrected chi connectivity index (χ2v) is 8.39. The van der Waals surface area contributed by atoms with Gasteiger partial charge in [0.2, 0.25) is 0 Å². The van der Waals surface area contributed by atoms with Crippen LogP contribution in [0.3, 0.4) is 0 Å². The molecule has 0 spiro atoms. The van der Waals surface area contributed by atoms with Crippen LogP contribution in [-0.2, 0) is 9.47 Å². The highest BCUT2D eigenvalue weighted by Gasteiger charge is 2.40. The summed E-state index contributed by atoms with van der Waals surface area (Å²) in [6.07, 6.45) is 19.4. The third-order valence-electron chi connectivity index (χ3n) is 5.71. The van der Waals surface area contributed by atoms with Crippen LogP contribution in [0.15, 0.2) is 12.2 Å². The van der Waals surface area contributed by atoms with Crippen molar-refractivity contribution in [3.05, 3.63) is 12.2 Å². The van der Waals surface area contributed by atoms with Gasteiger partial charge in [-0.05, 0) is 25.7 Å². The Bertz CT molecular complexity index is 387. The van der Waals surface area contributed by atoms with E-state index in [1.807, 2.05) is 0 Å². The van der Waals surface area contributed by atoms with Crippen LogP contribution >= 0.6 is 0 Å². The summed E-state index contributed by atoms with van der Waals surface area (Å²) in [7, 11) is 0. The van der Waals surface area contributed by atoms with Crippen LogP contribution in [-0.4, -0.2) is 59.6 Å². The summed E-state index contributed by atoms with van der Waals surface area (Å²) in [6, 6.07) is 0. The first-order valence-corrected chi connectivity index (χ1v) is 12.1. The first-order chi connectivity index (χ1) is 14.2. The van der Waals surface area contributed by atoms with Crippen LogP contribution in [0.4, 0.5) is 0 Å². The topological polar surface area (TPSA) is 79.2 Å². The van der Waals surface area contributed by atoms with Crippen molar-refractivity contribution >= 4 is 0 Å². The lowest BCUT2D eigenvalue weighted by Crippen LogP contribution is -2.42. The number of aliphatic hydroxyl groups is 3.